The van der Waals surface area contributed by atoms with Crippen LogP contribution in [0.25, 0.3) is 0 Å². The van der Waals surface area contributed by atoms with Crippen LogP contribution in [0.3, 0.4) is 0 Å². The second-order valence-corrected chi connectivity index (χ2v) is 2.94. The van der Waals surface area contributed by atoms with Crippen molar-refractivity contribution in [2.75, 3.05) is 6.54 Å². The maximum atomic E-state index is 5.75. The Kier molecular flexibility index (Phi) is 4.15. The summed E-state index contributed by atoms with van der Waals surface area (Å²) in [6.07, 6.45) is 2.36. The Balaban J connectivity index is 3.98. The van der Waals surface area contributed by atoms with E-state index in [-0.39, 0.29) is 0 Å². The van der Waals surface area contributed by atoms with Crippen LogP contribution in [0.2, 0.25) is 0 Å². The van der Waals surface area contributed by atoms with Gasteiger partial charge in [-0.15, -0.1) is 0 Å². The summed E-state index contributed by atoms with van der Waals surface area (Å²) < 4.78 is 5.28. The van der Waals surface area contributed by atoms with Crippen LogP contribution < -0.4 is 11.5 Å². The number of hydrogen-bond donors (Lipinski definition) is 2. The Morgan fingerprint density at radius 1 is 1.55 bits per heavy atom. The van der Waals surface area contributed by atoms with Crippen LogP contribution in [0.15, 0.2) is 11.8 Å². The fraction of sp³-hybridized carbons (Fsp3) is 0.750. The van der Waals surface area contributed by atoms with Gasteiger partial charge < -0.3 is 10.5 Å². The van der Waals surface area contributed by atoms with Crippen molar-refractivity contribution >= 4 is 0 Å². The third-order valence-electron chi connectivity index (χ3n) is 1.47. The van der Waals surface area contributed by atoms with Crippen molar-refractivity contribution in [2.45, 2.75) is 32.9 Å². The molecule has 1 unspecified atom stereocenters. The van der Waals surface area contributed by atoms with Crippen LogP contribution in [0.5, 0.6) is 0 Å². The Morgan fingerprint density at radius 2 is 2.09 bits per heavy atom. The molecule has 66 valence electrons. The van der Waals surface area contributed by atoms with E-state index in [2.05, 4.69) is 0 Å². The molecule has 0 bridgehead atoms. The molecule has 1 atom stereocenters. The maximum absolute atomic E-state index is 5.75. The van der Waals surface area contributed by atoms with Gasteiger partial charge in [0.2, 0.25) is 0 Å². The standard InChI is InChI=1S/C8H18N2O/c1-4-8(10,6-9)11-5-7(2)3/h5H,4,6,9-10H2,1-3H3. The summed E-state index contributed by atoms with van der Waals surface area (Å²) in [5.74, 6) is 0. The van der Waals surface area contributed by atoms with Crippen LogP contribution in [0, 0.1) is 0 Å². The average molecular weight is 158 g/mol. The van der Waals surface area contributed by atoms with Crippen LogP contribution in [0.1, 0.15) is 27.2 Å². The first kappa shape index (κ1) is 10.5. The lowest BCUT2D eigenvalue weighted by atomic mass is 10.2. The third kappa shape index (κ3) is 4.01. The van der Waals surface area contributed by atoms with Gasteiger partial charge in [0.1, 0.15) is 0 Å². The van der Waals surface area contributed by atoms with E-state index in [1.807, 2.05) is 20.8 Å². The van der Waals surface area contributed by atoms with Gasteiger partial charge in [0.05, 0.1) is 6.26 Å². The summed E-state index contributed by atoms with van der Waals surface area (Å²) in [5.41, 5.74) is 11.6. The molecule has 0 aromatic carbocycles. The Bertz CT molecular complexity index is 135. The first-order valence-electron chi connectivity index (χ1n) is 3.84. The smallest absolute Gasteiger partial charge is 0.169 e. The molecule has 3 nitrogen and oxygen atoms in total. The highest BCUT2D eigenvalue weighted by atomic mass is 16.5. The minimum atomic E-state index is -0.683. The van der Waals surface area contributed by atoms with Crippen molar-refractivity contribution in [3.05, 3.63) is 11.8 Å². The van der Waals surface area contributed by atoms with Gasteiger partial charge in [0.15, 0.2) is 5.72 Å². The molecule has 0 aliphatic heterocycles. The van der Waals surface area contributed by atoms with E-state index in [0.717, 1.165) is 5.57 Å². The van der Waals surface area contributed by atoms with Gasteiger partial charge >= 0.3 is 0 Å². The zero-order valence-corrected chi connectivity index (χ0v) is 7.55. The second kappa shape index (κ2) is 4.36. The summed E-state index contributed by atoms with van der Waals surface area (Å²) in [6, 6.07) is 0. The van der Waals surface area contributed by atoms with Gasteiger partial charge in [0, 0.05) is 6.54 Å². The summed E-state index contributed by atoms with van der Waals surface area (Å²) in [4.78, 5) is 0. The molecule has 0 aliphatic carbocycles. The lowest BCUT2D eigenvalue weighted by molar-refractivity contribution is 0.0310. The van der Waals surface area contributed by atoms with Gasteiger partial charge in [-0.1, -0.05) is 6.92 Å². The number of ether oxygens (including phenoxy) is 1. The minimum absolute atomic E-state index is 0.341. The number of hydrogen-bond acceptors (Lipinski definition) is 3. The summed E-state index contributed by atoms with van der Waals surface area (Å²) in [7, 11) is 0. The second-order valence-electron chi connectivity index (χ2n) is 2.94. The zero-order chi connectivity index (χ0) is 8.91. The van der Waals surface area contributed by atoms with Crippen molar-refractivity contribution in [3.8, 4) is 0 Å². The Labute approximate surface area is 68.4 Å². The molecule has 0 aromatic rings. The first-order chi connectivity index (χ1) is 5.04. The highest BCUT2D eigenvalue weighted by Crippen LogP contribution is 2.07. The highest BCUT2D eigenvalue weighted by Gasteiger charge is 2.20. The van der Waals surface area contributed by atoms with E-state index in [1.54, 1.807) is 6.26 Å². The highest BCUT2D eigenvalue weighted by molar-refractivity contribution is 4.89. The largest absolute Gasteiger partial charge is 0.479 e. The van der Waals surface area contributed by atoms with Crippen molar-refractivity contribution in [2.24, 2.45) is 11.5 Å². The molecule has 0 spiro atoms. The average Bonchev–Trinajstić information content (AvgIpc) is 2.00. The topological polar surface area (TPSA) is 61.3 Å². The molecule has 4 N–H and O–H groups in total. The monoisotopic (exact) mass is 158 g/mol. The van der Waals surface area contributed by atoms with Gasteiger partial charge in [-0.2, -0.15) is 0 Å². The van der Waals surface area contributed by atoms with E-state index in [9.17, 15) is 0 Å². The molecule has 0 saturated heterocycles. The van der Waals surface area contributed by atoms with Crippen molar-refractivity contribution < 1.29 is 4.74 Å². The Morgan fingerprint density at radius 3 is 2.36 bits per heavy atom. The van der Waals surface area contributed by atoms with Crippen molar-refractivity contribution in [1.82, 2.24) is 0 Å². The number of rotatable bonds is 4. The van der Waals surface area contributed by atoms with Crippen LogP contribution in [-0.4, -0.2) is 12.3 Å². The van der Waals surface area contributed by atoms with Crippen LogP contribution in [-0.2, 0) is 4.74 Å². The zero-order valence-electron chi connectivity index (χ0n) is 7.55. The quantitative estimate of drug-likeness (QED) is 0.473. The summed E-state index contributed by atoms with van der Waals surface area (Å²) in [5, 5.41) is 0. The molecule has 0 heterocycles. The molecule has 0 rings (SSSR count). The number of allylic oxidation sites excluding steroid dienone is 1. The lowest BCUT2D eigenvalue weighted by Gasteiger charge is -2.25. The molecular formula is C8H18N2O. The van der Waals surface area contributed by atoms with Gasteiger partial charge in [-0.25, -0.2) is 0 Å². The van der Waals surface area contributed by atoms with Gasteiger partial charge in [-0.05, 0) is 25.8 Å². The fourth-order valence-electron chi connectivity index (χ4n) is 0.511. The molecule has 0 fully saturated rings. The molecule has 3 heteroatoms. The van der Waals surface area contributed by atoms with E-state index < -0.39 is 5.72 Å². The predicted molar refractivity (Wildman–Crippen MR) is 46.8 cm³/mol. The van der Waals surface area contributed by atoms with Crippen LogP contribution >= 0.6 is 0 Å². The third-order valence-corrected chi connectivity index (χ3v) is 1.47. The van der Waals surface area contributed by atoms with Crippen molar-refractivity contribution in [1.29, 1.82) is 0 Å². The minimum Gasteiger partial charge on any atom is -0.479 e. The van der Waals surface area contributed by atoms with E-state index in [1.165, 1.54) is 0 Å². The van der Waals surface area contributed by atoms with E-state index in [0.29, 0.717) is 13.0 Å². The fourth-order valence-corrected chi connectivity index (χ4v) is 0.511. The molecule has 0 radical (unpaired) electrons. The molecule has 0 aromatic heterocycles. The maximum Gasteiger partial charge on any atom is 0.169 e. The molecule has 0 amide bonds. The SMILES string of the molecule is CCC(N)(CN)OC=C(C)C. The predicted octanol–water partition coefficient (Wildman–Crippen LogP) is 0.950. The van der Waals surface area contributed by atoms with Crippen LogP contribution in [0.4, 0.5) is 0 Å². The summed E-state index contributed by atoms with van der Waals surface area (Å²) in [6.45, 7) is 6.19. The van der Waals surface area contributed by atoms with Gasteiger partial charge in [-0.3, -0.25) is 5.73 Å². The summed E-state index contributed by atoms with van der Waals surface area (Å²) >= 11 is 0. The number of nitrogens with two attached hydrogens (primary N) is 2. The van der Waals surface area contributed by atoms with Gasteiger partial charge in [0.25, 0.3) is 0 Å². The first-order valence-corrected chi connectivity index (χ1v) is 3.84. The normalized spacial score (nSPS) is 15.4. The molecule has 0 saturated carbocycles. The Hall–Kier alpha value is -0.540. The van der Waals surface area contributed by atoms with E-state index in [4.69, 9.17) is 16.2 Å². The lowest BCUT2D eigenvalue weighted by Crippen LogP contribution is -2.47. The molecular weight excluding hydrogens is 140 g/mol. The molecule has 0 aliphatic rings. The van der Waals surface area contributed by atoms with E-state index >= 15 is 0 Å². The molecule has 11 heavy (non-hydrogen) atoms. The van der Waals surface area contributed by atoms with Crippen molar-refractivity contribution in [3.63, 3.8) is 0 Å².